The zero-order valence-electron chi connectivity index (χ0n) is 10.6. The molecule has 1 N–H and O–H groups in total. The van der Waals surface area contributed by atoms with Crippen LogP contribution in [0.1, 0.15) is 12.5 Å². The molecule has 0 bridgehead atoms. The molecule has 106 valence electrons. The highest BCUT2D eigenvalue weighted by molar-refractivity contribution is 5.85. The lowest BCUT2D eigenvalue weighted by atomic mass is 10.1. The molecule has 0 spiro atoms. The van der Waals surface area contributed by atoms with Gasteiger partial charge in [0.2, 0.25) is 0 Å². The largest absolute Gasteiger partial charge is 0.349 e. The van der Waals surface area contributed by atoms with E-state index < -0.39 is 11.8 Å². The van der Waals surface area contributed by atoms with Crippen LogP contribution in [-0.4, -0.2) is 36.5 Å². The molecule has 1 amide bonds. The third kappa shape index (κ3) is 3.42. The van der Waals surface area contributed by atoms with Crippen LogP contribution in [0.15, 0.2) is 30.3 Å². The summed E-state index contributed by atoms with van der Waals surface area (Å²) < 4.78 is 28.1. The van der Waals surface area contributed by atoms with Gasteiger partial charge in [0, 0.05) is 31.2 Å². The van der Waals surface area contributed by atoms with Gasteiger partial charge in [-0.15, -0.1) is 12.4 Å². The third-order valence-corrected chi connectivity index (χ3v) is 3.06. The average molecular weight is 291 g/mol. The van der Waals surface area contributed by atoms with E-state index in [2.05, 4.69) is 5.32 Å². The zero-order chi connectivity index (χ0) is 13.2. The molecule has 1 aromatic rings. The Labute approximate surface area is 117 Å². The molecule has 0 saturated carbocycles. The van der Waals surface area contributed by atoms with Crippen LogP contribution in [0, 0.1) is 0 Å². The normalized spacial score (nSPS) is 19.7. The Hall–Kier alpha value is -1.20. The number of benzene rings is 1. The number of rotatable bonds is 2. The summed E-state index contributed by atoms with van der Waals surface area (Å²) >= 11 is 0. The van der Waals surface area contributed by atoms with Gasteiger partial charge in [-0.05, 0) is 6.92 Å². The Morgan fingerprint density at radius 1 is 1.37 bits per heavy atom. The molecule has 1 saturated heterocycles. The van der Waals surface area contributed by atoms with Crippen molar-refractivity contribution < 1.29 is 13.6 Å². The van der Waals surface area contributed by atoms with E-state index >= 15 is 0 Å². The van der Waals surface area contributed by atoms with Crippen molar-refractivity contribution in [3.63, 3.8) is 0 Å². The molecule has 1 fully saturated rings. The minimum Gasteiger partial charge on any atom is -0.334 e. The van der Waals surface area contributed by atoms with Gasteiger partial charge >= 0.3 is 5.92 Å². The van der Waals surface area contributed by atoms with Gasteiger partial charge in [0.25, 0.3) is 5.91 Å². The molecular formula is C13H17ClF2N2O. The Kier molecular flexibility index (Phi) is 5.26. The molecule has 3 nitrogen and oxygen atoms in total. The molecule has 6 heteroatoms. The first kappa shape index (κ1) is 15.9. The maximum Gasteiger partial charge on any atom is 0.349 e. The second-order valence-electron chi connectivity index (χ2n) is 4.55. The van der Waals surface area contributed by atoms with E-state index in [1.54, 1.807) is 6.07 Å². The van der Waals surface area contributed by atoms with Crippen LogP contribution in [-0.2, 0) is 10.7 Å². The second kappa shape index (κ2) is 6.30. The van der Waals surface area contributed by atoms with Crippen LogP contribution in [0.2, 0.25) is 0 Å². The Balaban J connectivity index is 0.00000180. The Morgan fingerprint density at radius 2 is 2.00 bits per heavy atom. The molecule has 1 aromatic carbocycles. The topological polar surface area (TPSA) is 32.3 Å². The molecule has 1 unspecified atom stereocenters. The molecule has 1 atom stereocenters. The molecule has 1 aliphatic rings. The Bertz CT molecular complexity index is 428. The monoisotopic (exact) mass is 290 g/mol. The number of carbonyl (C=O) groups excluding carboxylic acids is 1. The molecule has 0 radical (unpaired) electrons. The highest BCUT2D eigenvalue weighted by atomic mass is 35.5. The van der Waals surface area contributed by atoms with Crippen molar-refractivity contribution in [1.82, 2.24) is 10.2 Å². The van der Waals surface area contributed by atoms with Gasteiger partial charge in [-0.25, -0.2) is 0 Å². The van der Waals surface area contributed by atoms with Crippen LogP contribution in [0.3, 0.4) is 0 Å². The van der Waals surface area contributed by atoms with Crippen molar-refractivity contribution in [2.45, 2.75) is 18.9 Å². The van der Waals surface area contributed by atoms with Crippen molar-refractivity contribution in [1.29, 1.82) is 0 Å². The van der Waals surface area contributed by atoms with E-state index in [1.165, 1.54) is 29.2 Å². The summed E-state index contributed by atoms with van der Waals surface area (Å²) in [4.78, 5) is 13.1. The first-order valence-corrected chi connectivity index (χ1v) is 5.98. The number of alkyl halides is 2. The van der Waals surface area contributed by atoms with E-state index in [-0.39, 0.29) is 24.0 Å². The number of amides is 1. The van der Waals surface area contributed by atoms with Gasteiger partial charge in [0.1, 0.15) is 0 Å². The number of hydrogen-bond donors (Lipinski definition) is 1. The molecule has 19 heavy (non-hydrogen) atoms. The van der Waals surface area contributed by atoms with Gasteiger partial charge in [-0.1, -0.05) is 30.3 Å². The van der Waals surface area contributed by atoms with Crippen molar-refractivity contribution in [3.05, 3.63) is 35.9 Å². The van der Waals surface area contributed by atoms with Crippen molar-refractivity contribution in [2.75, 3.05) is 19.6 Å². The summed E-state index contributed by atoms with van der Waals surface area (Å²) in [5, 5.41) is 3.12. The number of piperazine rings is 1. The molecular weight excluding hydrogens is 274 g/mol. The van der Waals surface area contributed by atoms with E-state index in [4.69, 9.17) is 0 Å². The van der Waals surface area contributed by atoms with Crippen LogP contribution in [0.5, 0.6) is 0 Å². The maximum absolute atomic E-state index is 14.0. The Morgan fingerprint density at radius 3 is 2.58 bits per heavy atom. The van der Waals surface area contributed by atoms with Crippen molar-refractivity contribution >= 4 is 18.3 Å². The molecule has 1 heterocycles. The predicted molar refractivity (Wildman–Crippen MR) is 71.6 cm³/mol. The van der Waals surface area contributed by atoms with E-state index in [0.29, 0.717) is 19.6 Å². The summed E-state index contributed by atoms with van der Waals surface area (Å²) in [7, 11) is 0. The minimum absolute atomic E-state index is 0. The van der Waals surface area contributed by atoms with E-state index in [0.717, 1.165) is 0 Å². The summed E-state index contributed by atoms with van der Waals surface area (Å²) in [5.74, 6) is -4.56. The summed E-state index contributed by atoms with van der Waals surface area (Å²) in [6.45, 7) is 3.07. The van der Waals surface area contributed by atoms with Crippen molar-refractivity contribution in [2.24, 2.45) is 0 Å². The van der Waals surface area contributed by atoms with Gasteiger partial charge in [-0.2, -0.15) is 8.78 Å². The SMILES string of the molecule is CC1CN(C(=O)C(F)(F)c2ccccc2)CCN1.Cl. The summed E-state index contributed by atoms with van der Waals surface area (Å²) in [5.41, 5.74) is -0.249. The van der Waals surface area contributed by atoms with Gasteiger partial charge in [0.15, 0.2) is 0 Å². The number of halogens is 3. The lowest BCUT2D eigenvalue weighted by Crippen LogP contribution is -2.54. The van der Waals surface area contributed by atoms with Crippen LogP contribution < -0.4 is 5.32 Å². The van der Waals surface area contributed by atoms with Crippen LogP contribution in [0.25, 0.3) is 0 Å². The first-order chi connectivity index (χ1) is 8.51. The van der Waals surface area contributed by atoms with Crippen LogP contribution >= 0.6 is 12.4 Å². The first-order valence-electron chi connectivity index (χ1n) is 5.98. The lowest BCUT2D eigenvalue weighted by molar-refractivity contribution is -0.160. The molecule has 1 aliphatic heterocycles. The van der Waals surface area contributed by atoms with Gasteiger partial charge < -0.3 is 10.2 Å². The zero-order valence-corrected chi connectivity index (χ0v) is 11.4. The number of hydrogen-bond acceptors (Lipinski definition) is 2. The highest BCUT2D eigenvalue weighted by Crippen LogP contribution is 2.30. The van der Waals surface area contributed by atoms with E-state index in [1.807, 2.05) is 6.92 Å². The lowest BCUT2D eigenvalue weighted by Gasteiger charge is -2.34. The molecule has 0 aromatic heterocycles. The molecule has 0 aliphatic carbocycles. The fourth-order valence-electron chi connectivity index (χ4n) is 2.09. The predicted octanol–water partition coefficient (Wildman–Crippen LogP) is 2.02. The third-order valence-electron chi connectivity index (χ3n) is 3.06. The van der Waals surface area contributed by atoms with Gasteiger partial charge in [0.05, 0.1) is 0 Å². The summed E-state index contributed by atoms with van der Waals surface area (Å²) in [6, 6.07) is 7.28. The van der Waals surface area contributed by atoms with Gasteiger partial charge in [-0.3, -0.25) is 4.79 Å². The highest BCUT2D eigenvalue weighted by Gasteiger charge is 2.44. The second-order valence-corrected chi connectivity index (χ2v) is 4.55. The number of carbonyl (C=O) groups is 1. The quantitative estimate of drug-likeness (QED) is 0.904. The number of nitrogens with zero attached hydrogens (tertiary/aromatic N) is 1. The smallest absolute Gasteiger partial charge is 0.334 e. The fraction of sp³-hybridized carbons (Fsp3) is 0.462. The fourth-order valence-corrected chi connectivity index (χ4v) is 2.09. The average Bonchev–Trinajstić information content (AvgIpc) is 2.39. The molecule has 2 rings (SSSR count). The number of nitrogens with one attached hydrogen (secondary N) is 1. The maximum atomic E-state index is 14.0. The van der Waals surface area contributed by atoms with E-state index in [9.17, 15) is 13.6 Å². The minimum atomic E-state index is -3.45. The van der Waals surface area contributed by atoms with Crippen LogP contribution in [0.4, 0.5) is 8.78 Å². The standard InChI is InChI=1S/C13H16F2N2O.ClH/c1-10-9-17(8-7-16-10)12(18)13(14,15)11-5-3-2-4-6-11;/h2-6,10,16H,7-9H2,1H3;1H. The van der Waals surface area contributed by atoms with Crippen molar-refractivity contribution in [3.8, 4) is 0 Å². The summed E-state index contributed by atoms with van der Waals surface area (Å²) in [6.07, 6.45) is 0.